The highest BCUT2D eigenvalue weighted by molar-refractivity contribution is 6.38. The highest BCUT2D eigenvalue weighted by Crippen LogP contribution is 2.31. The van der Waals surface area contributed by atoms with E-state index in [2.05, 4.69) is 17.2 Å². The van der Waals surface area contributed by atoms with Gasteiger partial charge in [-0.2, -0.15) is 0 Å². The van der Waals surface area contributed by atoms with Crippen molar-refractivity contribution >= 4 is 28.4 Å². The van der Waals surface area contributed by atoms with E-state index in [1.54, 1.807) is 0 Å². The highest BCUT2D eigenvalue weighted by Gasteiger charge is 2.30. The molecule has 1 aromatic carbocycles. The van der Waals surface area contributed by atoms with Crippen molar-refractivity contribution in [3.63, 3.8) is 0 Å². The second-order valence-corrected chi connectivity index (χ2v) is 6.86. The van der Waals surface area contributed by atoms with E-state index in [-0.39, 0.29) is 12.5 Å². The summed E-state index contributed by atoms with van der Waals surface area (Å²) in [6.45, 7) is 2.34. The average molecular weight is 335 g/mol. The summed E-state index contributed by atoms with van der Waals surface area (Å²) in [6.07, 6.45) is 7.34. The van der Waals surface area contributed by atoms with Crippen LogP contribution in [0.2, 0.25) is 5.02 Å². The number of aromatic amines is 1. The van der Waals surface area contributed by atoms with Crippen LogP contribution in [0.3, 0.4) is 0 Å². The Morgan fingerprint density at radius 1 is 1.39 bits per heavy atom. The Balaban J connectivity index is 1.81. The average Bonchev–Trinajstić information content (AvgIpc) is 3.04. The fraction of sp³-hybridized carbons (Fsp3) is 0.500. The second-order valence-electron chi connectivity index (χ2n) is 6.48. The van der Waals surface area contributed by atoms with Gasteiger partial charge in [0.05, 0.1) is 21.7 Å². The van der Waals surface area contributed by atoms with Crippen LogP contribution in [0, 0.1) is 0 Å². The number of carbonyl (C=O) groups excluding carboxylic acids is 1. The lowest BCUT2D eigenvalue weighted by atomic mass is 9.85. The highest BCUT2D eigenvalue weighted by atomic mass is 35.5. The first-order valence-electron chi connectivity index (χ1n) is 8.33. The molecule has 1 fully saturated rings. The van der Waals surface area contributed by atoms with E-state index >= 15 is 0 Å². The van der Waals surface area contributed by atoms with Crippen molar-refractivity contribution in [3.05, 3.63) is 34.5 Å². The molecule has 0 bridgehead atoms. The Labute approximate surface area is 141 Å². The quantitative estimate of drug-likeness (QED) is 0.796. The first-order chi connectivity index (χ1) is 11.0. The predicted octanol–water partition coefficient (Wildman–Crippen LogP) is 3.81. The van der Waals surface area contributed by atoms with Crippen molar-refractivity contribution in [1.29, 1.82) is 0 Å². The van der Waals surface area contributed by atoms with E-state index in [0.717, 1.165) is 55.0 Å². The summed E-state index contributed by atoms with van der Waals surface area (Å²) in [7, 11) is 0. The van der Waals surface area contributed by atoms with Crippen LogP contribution in [-0.2, 0) is 6.42 Å². The molecule has 2 aromatic rings. The van der Waals surface area contributed by atoms with E-state index in [9.17, 15) is 9.90 Å². The maximum Gasteiger partial charge on any atom is 0.252 e. The maximum atomic E-state index is 12.6. The monoisotopic (exact) mass is 334 g/mol. The number of carbonyl (C=O) groups is 1. The molecule has 1 aliphatic carbocycles. The van der Waals surface area contributed by atoms with Crippen LogP contribution >= 0.6 is 11.6 Å². The summed E-state index contributed by atoms with van der Waals surface area (Å²) in [4.78, 5) is 15.7. The van der Waals surface area contributed by atoms with Gasteiger partial charge in [0.2, 0.25) is 0 Å². The van der Waals surface area contributed by atoms with Crippen LogP contribution in [0.5, 0.6) is 0 Å². The maximum absolute atomic E-state index is 12.6. The molecule has 0 radical (unpaired) electrons. The number of aliphatic hydroxyl groups is 1. The molecule has 1 amide bonds. The van der Waals surface area contributed by atoms with Gasteiger partial charge >= 0.3 is 0 Å². The Morgan fingerprint density at radius 3 is 2.83 bits per heavy atom. The number of aromatic nitrogens is 1. The first-order valence-corrected chi connectivity index (χ1v) is 8.71. The molecule has 0 atom stereocenters. The lowest BCUT2D eigenvalue weighted by molar-refractivity contribution is 0.00526. The molecule has 1 aliphatic rings. The summed E-state index contributed by atoms with van der Waals surface area (Å²) in [5.41, 5.74) is 1.76. The van der Waals surface area contributed by atoms with Crippen LogP contribution in [0.25, 0.3) is 10.9 Å². The SMILES string of the molecule is CCc1cc(C(=O)NCC2(O)CCCCC2)c(Cl)c2cc[nH]c12. The molecule has 5 heteroatoms. The van der Waals surface area contributed by atoms with Gasteiger partial charge < -0.3 is 15.4 Å². The number of fused-ring (bicyclic) bond motifs is 1. The minimum absolute atomic E-state index is 0.216. The summed E-state index contributed by atoms with van der Waals surface area (Å²) in [5.74, 6) is -0.216. The van der Waals surface area contributed by atoms with Gasteiger partial charge in [-0.15, -0.1) is 0 Å². The topological polar surface area (TPSA) is 65.1 Å². The van der Waals surface area contributed by atoms with E-state index in [4.69, 9.17) is 11.6 Å². The van der Waals surface area contributed by atoms with Gasteiger partial charge in [-0.3, -0.25) is 4.79 Å². The van der Waals surface area contributed by atoms with Crippen LogP contribution in [0.4, 0.5) is 0 Å². The third-order valence-electron chi connectivity index (χ3n) is 4.85. The zero-order valence-electron chi connectivity index (χ0n) is 13.4. The Hall–Kier alpha value is -1.52. The number of rotatable bonds is 4. The molecule has 4 nitrogen and oxygen atoms in total. The minimum Gasteiger partial charge on any atom is -0.388 e. The number of amides is 1. The molecule has 3 N–H and O–H groups in total. The molecule has 0 spiro atoms. The summed E-state index contributed by atoms with van der Waals surface area (Å²) in [5, 5.41) is 14.7. The van der Waals surface area contributed by atoms with Crippen molar-refractivity contribution in [2.45, 2.75) is 51.0 Å². The standard InChI is InChI=1S/C18H23ClN2O2/c1-2-12-10-14(15(19)13-6-9-20-16(12)13)17(22)21-11-18(23)7-4-3-5-8-18/h6,9-10,20,23H,2-5,7-8,11H2,1H3,(H,21,22). The second kappa shape index (κ2) is 6.54. The molecule has 0 saturated heterocycles. The minimum atomic E-state index is -0.772. The third kappa shape index (κ3) is 3.24. The van der Waals surface area contributed by atoms with E-state index in [1.807, 2.05) is 18.3 Å². The van der Waals surface area contributed by atoms with E-state index in [1.165, 1.54) is 0 Å². The first kappa shape index (κ1) is 16.3. The zero-order valence-corrected chi connectivity index (χ0v) is 14.2. The van der Waals surface area contributed by atoms with Gasteiger partial charge in [-0.1, -0.05) is 37.8 Å². The largest absolute Gasteiger partial charge is 0.388 e. The molecule has 1 heterocycles. The Morgan fingerprint density at radius 2 is 2.13 bits per heavy atom. The molecule has 1 aromatic heterocycles. The number of hydrogen-bond acceptors (Lipinski definition) is 2. The van der Waals surface area contributed by atoms with Gasteiger partial charge in [0.15, 0.2) is 0 Å². The predicted molar refractivity (Wildman–Crippen MR) is 93.1 cm³/mol. The van der Waals surface area contributed by atoms with Crippen molar-refractivity contribution in [3.8, 4) is 0 Å². The smallest absolute Gasteiger partial charge is 0.252 e. The molecule has 0 unspecified atom stereocenters. The molecule has 1 saturated carbocycles. The van der Waals surface area contributed by atoms with E-state index in [0.29, 0.717) is 10.6 Å². The number of H-pyrrole nitrogens is 1. The fourth-order valence-electron chi connectivity index (χ4n) is 3.44. The number of halogens is 1. The molecular formula is C18H23ClN2O2. The van der Waals surface area contributed by atoms with Gasteiger partial charge in [0, 0.05) is 18.1 Å². The number of hydrogen-bond donors (Lipinski definition) is 3. The Bertz CT molecular complexity index is 717. The van der Waals surface area contributed by atoms with Crippen molar-refractivity contribution in [2.75, 3.05) is 6.54 Å². The molecular weight excluding hydrogens is 312 g/mol. The summed E-state index contributed by atoms with van der Waals surface area (Å²) < 4.78 is 0. The fourth-order valence-corrected chi connectivity index (χ4v) is 3.74. The van der Waals surface area contributed by atoms with Gasteiger partial charge in [0.25, 0.3) is 5.91 Å². The third-order valence-corrected chi connectivity index (χ3v) is 5.25. The lowest BCUT2D eigenvalue weighted by Gasteiger charge is -2.32. The summed E-state index contributed by atoms with van der Waals surface area (Å²) in [6, 6.07) is 3.74. The van der Waals surface area contributed by atoms with Crippen molar-refractivity contribution in [1.82, 2.24) is 10.3 Å². The van der Waals surface area contributed by atoms with Crippen molar-refractivity contribution < 1.29 is 9.90 Å². The molecule has 3 rings (SSSR count). The van der Waals surface area contributed by atoms with Gasteiger partial charge in [0.1, 0.15) is 0 Å². The van der Waals surface area contributed by atoms with Crippen LogP contribution < -0.4 is 5.32 Å². The number of nitrogens with one attached hydrogen (secondary N) is 2. The van der Waals surface area contributed by atoms with Gasteiger partial charge in [-0.05, 0) is 37.0 Å². The number of benzene rings is 1. The van der Waals surface area contributed by atoms with Gasteiger partial charge in [-0.25, -0.2) is 0 Å². The van der Waals surface area contributed by atoms with E-state index < -0.39 is 5.60 Å². The molecule has 23 heavy (non-hydrogen) atoms. The zero-order chi connectivity index (χ0) is 16.4. The van der Waals surface area contributed by atoms with Crippen LogP contribution in [0.15, 0.2) is 18.3 Å². The lowest BCUT2D eigenvalue weighted by Crippen LogP contribution is -2.44. The summed E-state index contributed by atoms with van der Waals surface area (Å²) >= 11 is 6.42. The van der Waals surface area contributed by atoms with Crippen LogP contribution in [0.1, 0.15) is 54.9 Å². The molecule has 124 valence electrons. The van der Waals surface area contributed by atoms with Crippen molar-refractivity contribution in [2.24, 2.45) is 0 Å². The van der Waals surface area contributed by atoms with Crippen LogP contribution in [-0.4, -0.2) is 28.1 Å². The molecule has 0 aliphatic heterocycles. The Kier molecular flexibility index (Phi) is 4.64. The number of aryl methyl sites for hydroxylation is 1. The normalized spacial score (nSPS) is 17.3.